The van der Waals surface area contributed by atoms with Gasteiger partial charge in [0.2, 0.25) is 0 Å². The Morgan fingerprint density at radius 2 is 2.11 bits per heavy atom. The Balaban J connectivity index is 2.04. The van der Waals surface area contributed by atoms with Gasteiger partial charge >= 0.3 is 0 Å². The predicted octanol–water partition coefficient (Wildman–Crippen LogP) is 2.44. The predicted molar refractivity (Wildman–Crippen MR) is 72.5 cm³/mol. The third-order valence-corrected chi connectivity index (χ3v) is 3.39. The first-order valence-electron chi connectivity index (χ1n) is 6.34. The zero-order chi connectivity index (χ0) is 13.0. The van der Waals surface area contributed by atoms with Crippen molar-refractivity contribution in [2.45, 2.75) is 25.7 Å². The monoisotopic (exact) mass is 244 g/mol. The first-order chi connectivity index (χ1) is 8.70. The maximum absolute atomic E-state index is 9.57. The van der Waals surface area contributed by atoms with Crippen molar-refractivity contribution in [3.63, 3.8) is 0 Å². The van der Waals surface area contributed by atoms with Crippen LogP contribution in [0, 0.1) is 6.92 Å². The summed E-state index contributed by atoms with van der Waals surface area (Å²) in [5.41, 5.74) is 3.73. The molecule has 1 aromatic carbocycles. The molecular formula is C15H20N2O. The Bertz CT molecular complexity index is 505. The van der Waals surface area contributed by atoms with E-state index in [4.69, 9.17) is 0 Å². The molecule has 0 aliphatic heterocycles. The van der Waals surface area contributed by atoms with Crippen LogP contribution in [-0.2, 0) is 13.5 Å². The van der Waals surface area contributed by atoms with Crippen molar-refractivity contribution >= 4 is 0 Å². The molecule has 0 aliphatic carbocycles. The summed E-state index contributed by atoms with van der Waals surface area (Å²) >= 11 is 0. The normalized spacial score (nSPS) is 12.6. The lowest BCUT2D eigenvalue weighted by Crippen LogP contribution is -2.07. The van der Waals surface area contributed by atoms with Gasteiger partial charge in [-0.2, -0.15) is 5.10 Å². The van der Waals surface area contributed by atoms with Gasteiger partial charge in [-0.15, -0.1) is 0 Å². The van der Waals surface area contributed by atoms with Gasteiger partial charge in [0, 0.05) is 25.8 Å². The van der Waals surface area contributed by atoms with Crippen LogP contribution in [0.5, 0.6) is 0 Å². The number of aliphatic hydroxyl groups excluding tert-OH is 1. The van der Waals surface area contributed by atoms with Crippen molar-refractivity contribution in [1.82, 2.24) is 9.78 Å². The molecule has 18 heavy (non-hydrogen) atoms. The van der Waals surface area contributed by atoms with Crippen LogP contribution < -0.4 is 0 Å². The highest BCUT2D eigenvalue weighted by Crippen LogP contribution is 2.24. The lowest BCUT2D eigenvalue weighted by Gasteiger charge is -2.16. The number of hydrogen-bond donors (Lipinski definition) is 1. The molecule has 1 heterocycles. The van der Waals surface area contributed by atoms with Gasteiger partial charge in [-0.3, -0.25) is 4.68 Å². The highest BCUT2D eigenvalue weighted by Gasteiger charge is 2.12. The van der Waals surface area contributed by atoms with Crippen LogP contribution in [0.3, 0.4) is 0 Å². The summed E-state index contributed by atoms with van der Waals surface area (Å²) in [5, 5.41) is 13.7. The lowest BCUT2D eigenvalue weighted by molar-refractivity contribution is 0.259. The molecule has 0 bridgehead atoms. The van der Waals surface area contributed by atoms with E-state index in [0.29, 0.717) is 0 Å². The zero-order valence-corrected chi connectivity index (χ0v) is 11.0. The van der Waals surface area contributed by atoms with Crippen molar-refractivity contribution in [1.29, 1.82) is 0 Å². The van der Waals surface area contributed by atoms with Gasteiger partial charge in [0.25, 0.3) is 0 Å². The first kappa shape index (κ1) is 12.8. The maximum atomic E-state index is 9.57. The third-order valence-electron chi connectivity index (χ3n) is 3.39. The molecule has 3 nitrogen and oxygen atoms in total. The molecule has 2 aromatic rings. The summed E-state index contributed by atoms with van der Waals surface area (Å²) in [6, 6.07) is 8.28. The second kappa shape index (κ2) is 5.83. The van der Waals surface area contributed by atoms with Crippen molar-refractivity contribution in [3.8, 4) is 0 Å². The van der Waals surface area contributed by atoms with E-state index < -0.39 is 0 Å². The summed E-state index contributed by atoms with van der Waals surface area (Å²) in [5.74, 6) is 0.214. The molecule has 1 atom stereocenters. The molecule has 2 rings (SSSR count). The molecule has 0 saturated carbocycles. The Hall–Kier alpha value is -1.61. The number of benzene rings is 1. The molecule has 0 spiro atoms. The fourth-order valence-electron chi connectivity index (χ4n) is 2.33. The van der Waals surface area contributed by atoms with E-state index in [-0.39, 0.29) is 12.5 Å². The van der Waals surface area contributed by atoms with Crippen molar-refractivity contribution in [2.75, 3.05) is 6.61 Å². The largest absolute Gasteiger partial charge is 0.396 e. The molecule has 1 unspecified atom stereocenters. The van der Waals surface area contributed by atoms with E-state index in [2.05, 4.69) is 24.2 Å². The molecule has 1 N–H and O–H groups in total. The van der Waals surface area contributed by atoms with E-state index >= 15 is 0 Å². The Labute approximate surface area is 108 Å². The van der Waals surface area contributed by atoms with Gasteiger partial charge in [0.1, 0.15) is 0 Å². The van der Waals surface area contributed by atoms with Crippen molar-refractivity contribution < 1.29 is 5.11 Å². The summed E-state index contributed by atoms with van der Waals surface area (Å²) in [6.07, 6.45) is 5.83. The number of hydrogen-bond acceptors (Lipinski definition) is 2. The van der Waals surface area contributed by atoms with Crippen molar-refractivity contribution in [2.24, 2.45) is 7.05 Å². The summed E-state index contributed by atoms with van der Waals surface area (Å²) in [7, 11) is 1.92. The molecule has 0 aliphatic rings. The Kier molecular flexibility index (Phi) is 4.15. The van der Waals surface area contributed by atoms with Crippen LogP contribution in [-0.4, -0.2) is 21.5 Å². The van der Waals surface area contributed by atoms with Crippen LogP contribution in [0.2, 0.25) is 0 Å². The molecule has 0 saturated heterocycles. The first-order valence-corrected chi connectivity index (χ1v) is 6.34. The van der Waals surface area contributed by atoms with Gasteiger partial charge < -0.3 is 5.11 Å². The molecule has 3 heteroatoms. The Morgan fingerprint density at radius 3 is 2.72 bits per heavy atom. The van der Waals surface area contributed by atoms with Crippen molar-refractivity contribution in [3.05, 3.63) is 53.3 Å². The van der Waals surface area contributed by atoms with Gasteiger partial charge in [-0.25, -0.2) is 0 Å². The average Bonchev–Trinajstić information content (AvgIpc) is 2.78. The van der Waals surface area contributed by atoms with E-state index in [9.17, 15) is 5.11 Å². The van der Waals surface area contributed by atoms with E-state index in [0.717, 1.165) is 12.8 Å². The third kappa shape index (κ3) is 2.99. The number of aryl methyl sites for hydroxylation is 3. The number of aromatic nitrogens is 2. The van der Waals surface area contributed by atoms with Crippen LogP contribution >= 0.6 is 0 Å². The highest BCUT2D eigenvalue weighted by molar-refractivity contribution is 5.29. The topological polar surface area (TPSA) is 38.1 Å². The quantitative estimate of drug-likeness (QED) is 0.877. The molecule has 0 fully saturated rings. The van der Waals surface area contributed by atoms with E-state index in [1.165, 1.54) is 16.7 Å². The van der Waals surface area contributed by atoms with Gasteiger partial charge in [0.05, 0.1) is 6.20 Å². The second-order valence-corrected chi connectivity index (χ2v) is 4.80. The lowest BCUT2D eigenvalue weighted by atomic mass is 9.91. The molecule has 0 radical (unpaired) electrons. The SMILES string of the molecule is Cc1ccccc1C(CO)CCc1cnn(C)c1. The van der Waals surface area contributed by atoms with Crippen LogP contribution in [0.1, 0.15) is 29.0 Å². The second-order valence-electron chi connectivity index (χ2n) is 4.80. The van der Waals surface area contributed by atoms with Gasteiger partial charge in [0.15, 0.2) is 0 Å². The van der Waals surface area contributed by atoms with E-state index in [1.807, 2.05) is 36.3 Å². The van der Waals surface area contributed by atoms with Gasteiger partial charge in [-0.05, 0) is 36.5 Å². The molecule has 1 aromatic heterocycles. The smallest absolute Gasteiger partial charge is 0.0521 e. The standard InChI is InChI=1S/C15H20N2O/c1-12-5-3-4-6-15(12)14(11-18)8-7-13-9-16-17(2)10-13/h3-6,9-10,14,18H,7-8,11H2,1-2H3. The average molecular weight is 244 g/mol. The van der Waals surface area contributed by atoms with Crippen LogP contribution in [0.4, 0.5) is 0 Å². The van der Waals surface area contributed by atoms with E-state index in [1.54, 1.807) is 0 Å². The number of nitrogens with zero attached hydrogens (tertiary/aromatic N) is 2. The minimum absolute atomic E-state index is 0.200. The summed E-state index contributed by atoms with van der Waals surface area (Å²) in [4.78, 5) is 0. The minimum atomic E-state index is 0.200. The minimum Gasteiger partial charge on any atom is -0.396 e. The fourth-order valence-corrected chi connectivity index (χ4v) is 2.33. The van der Waals surface area contributed by atoms with Crippen LogP contribution in [0.25, 0.3) is 0 Å². The molecular weight excluding hydrogens is 224 g/mol. The molecule has 0 amide bonds. The number of rotatable bonds is 5. The van der Waals surface area contributed by atoms with Crippen LogP contribution in [0.15, 0.2) is 36.7 Å². The van der Waals surface area contributed by atoms with Gasteiger partial charge in [-0.1, -0.05) is 24.3 Å². The highest BCUT2D eigenvalue weighted by atomic mass is 16.3. The Morgan fingerprint density at radius 1 is 1.33 bits per heavy atom. The summed E-state index contributed by atoms with van der Waals surface area (Å²) in [6.45, 7) is 2.30. The fraction of sp³-hybridized carbons (Fsp3) is 0.400. The number of aliphatic hydroxyl groups is 1. The maximum Gasteiger partial charge on any atom is 0.0521 e. The zero-order valence-electron chi connectivity index (χ0n) is 11.0. The summed E-state index contributed by atoms with van der Waals surface area (Å²) < 4.78 is 1.82. The molecule has 96 valence electrons.